The monoisotopic (exact) mass is 380 g/mol. The Balaban J connectivity index is 1.46. The minimum absolute atomic E-state index is 0.0481. The first-order valence-corrected chi connectivity index (χ1v) is 9.50. The molecule has 3 aromatic rings. The Bertz CT molecular complexity index is 990. The Hall–Kier alpha value is -3.16. The second-order valence-electron chi connectivity index (χ2n) is 6.87. The van der Waals surface area contributed by atoms with Crippen LogP contribution in [0.2, 0.25) is 0 Å². The van der Waals surface area contributed by atoms with Crippen molar-refractivity contribution in [3.63, 3.8) is 0 Å². The zero-order valence-electron chi connectivity index (χ0n) is 16.4. The number of carbonyl (C=O) groups excluding carboxylic acids is 1. The topological polar surface area (TPSA) is 75.9 Å². The van der Waals surface area contributed by atoms with Gasteiger partial charge in [-0.15, -0.1) is 10.2 Å². The van der Waals surface area contributed by atoms with Gasteiger partial charge in [-0.2, -0.15) is 4.98 Å². The first-order chi connectivity index (χ1) is 13.6. The summed E-state index contributed by atoms with van der Waals surface area (Å²) in [7, 11) is 1.62. The van der Waals surface area contributed by atoms with E-state index in [1.807, 2.05) is 40.5 Å². The van der Waals surface area contributed by atoms with E-state index in [9.17, 15) is 4.79 Å². The number of methoxy groups -OCH3 is 1. The number of anilines is 1. The van der Waals surface area contributed by atoms with E-state index < -0.39 is 0 Å². The maximum atomic E-state index is 12.7. The number of carbonyl (C=O) groups is 1. The molecule has 8 heteroatoms. The second kappa shape index (κ2) is 7.46. The number of aromatic nitrogens is 4. The Morgan fingerprint density at radius 2 is 1.82 bits per heavy atom. The van der Waals surface area contributed by atoms with Crippen LogP contribution < -0.4 is 9.64 Å². The van der Waals surface area contributed by atoms with Crippen molar-refractivity contribution >= 4 is 17.5 Å². The highest BCUT2D eigenvalue weighted by Gasteiger charge is 2.24. The molecule has 146 valence electrons. The molecule has 0 saturated carbocycles. The van der Waals surface area contributed by atoms with Gasteiger partial charge in [0.15, 0.2) is 0 Å². The number of ether oxygens (including phenoxy) is 1. The van der Waals surface area contributed by atoms with E-state index in [4.69, 9.17) is 4.74 Å². The van der Waals surface area contributed by atoms with Gasteiger partial charge in [0.25, 0.3) is 11.7 Å². The van der Waals surface area contributed by atoms with Crippen molar-refractivity contribution in [3.05, 3.63) is 47.4 Å². The van der Waals surface area contributed by atoms with Gasteiger partial charge in [0, 0.05) is 49.9 Å². The molecule has 0 aliphatic carbocycles. The first-order valence-electron chi connectivity index (χ1n) is 9.50. The summed E-state index contributed by atoms with van der Waals surface area (Å²) in [5, 5.41) is 8.42. The fourth-order valence-corrected chi connectivity index (χ4v) is 3.57. The highest BCUT2D eigenvalue weighted by Crippen LogP contribution is 2.19. The van der Waals surface area contributed by atoms with E-state index in [-0.39, 0.29) is 5.91 Å². The van der Waals surface area contributed by atoms with Crippen molar-refractivity contribution in [1.82, 2.24) is 24.5 Å². The van der Waals surface area contributed by atoms with Crippen LogP contribution in [0.1, 0.15) is 28.8 Å². The van der Waals surface area contributed by atoms with Crippen molar-refractivity contribution in [3.8, 4) is 5.75 Å². The van der Waals surface area contributed by atoms with E-state index in [0.29, 0.717) is 24.4 Å². The van der Waals surface area contributed by atoms with Gasteiger partial charge < -0.3 is 14.5 Å². The number of aryl methyl sites for hydroxylation is 2. The molecule has 1 aliphatic rings. The minimum atomic E-state index is 0.0481. The molecule has 0 radical (unpaired) electrons. The predicted octanol–water partition coefficient (Wildman–Crippen LogP) is 1.97. The van der Waals surface area contributed by atoms with Gasteiger partial charge in [0.1, 0.15) is 17.4 Å². The number of piperazine rings is 1. The number of hydrogen-bond acceptors (Lipinski definition) is 6. The number of benzene rings is 1. The molecule has 1 fully saturated rings. The Morgan fingerprint density at radius 3 is 2.46 bits per heavy atom. The third-order valence-corrected chi connectivity index (χ3v) is 5.16. The zero-order chi connectivity index (χ0) is 19.7. The summed E-state index contributed by atoms with van der Waals surface area (Å²) < 4.78 is 7.15. The number of amides is 1. The molecule has 0 bridgehead atoms. The Morgan fingerprint density at radius 1 is 1.11 bits per heavy atom. The third kappa shape index (κ3) is 3.26. The standard InChI is InChI=1S/C20H24N6O2/c1-4-17-22-23-20-21-18(13-14(2)26(17)20)24-9-11-25(12-10-24)19(27)15-5-7-16(28-3)8-6-15/h5-8,13H,4,9-12H2,1-3H3. The molecule has 0 unspecified atom stereocenters. The van der Waals surface area contributed by atoms with E-state index >= 15 is 0 Å². The first kappa shape index (κ1) is 18.2. The molecule has 3 heterocycles. The normalized spacial score (nSPS) is 14.5. The van der Waals surface area contributed by atoms with Crippen LogP contribution in [0.4, 0.5) is 5.82 Å². The van der Waals surface area contributed by atoms with Crippen LogP contribution in [0, 0.1) is 6.92 Å². The molecule has 0 N–H and O–H groups in total. The van der Waals surface area contributed by atoms with Crippen molar-refractivity contribution in [2.75, 3.05) is 38.2 Å². The van der Waals surface area contributed by atoms with Crippen LogP contribution in [-0.2, 0) is 6.42 Å². The number of hydrogen-bond donors (Lipinski definition) is 0. The van der Waals surface area contributed by atoms with E-state index in [2.05, 4.69) is 33.1 Å². The largest absolute Gasteiger partial charge is 0.497 e. The zero-order valence-corrected chi connectivity index (χ0v) is 16.4. The lowest BCUT2D eigenvalue weighted by Gasteiger charge is -2.35. The summed E-state index contributed by atoms with van der Waals surface area (Å²) in [5.41, 5.74) is 1.75. The van der Waals surface area contributed by atoms with Gasteiger partial charge in [-0.1, -0.05) is 6.92 Å². The highest BCUT2D eigenvalue weighted by atomic mass is 16.5. The molecule has 8 nitrogen and oxygen atoms in total. The minimum Gasteiger partial charge on any atom is -0.497 e. The molecule has 4 rings (SSSR count). The molecule has 2 aromatic heterocycles. The fraction of sp³-hybridized carbons (Fsp3) is 0.400. The number of fused-ring (bicyclic) bond motifs is 1. The highest BCUT2D eigenvalue weighted by molar-refractivity contribution is 5.94. The number of nitrogens with zero attached hydrogens (tertiary/aromatic N) is 6. The lowest BCUT2D eigenvalue weighted by Crippen LogP contribution is -2.49. The summed E-state index contributed by atoms with van der Waals surface area (Å²) in [6, 6.07) is 9.31. The lowest BCUT2D eigenvalue weighted by molar-refractivity contribution is 0.0746. The molecule has 0 atom stereocenters. The van der Waals surface area contributed by atoms with Crippen molar-refractivity contribution < 1.29 is 9.53 Å². The smallest absolute Gasteiger partial charge is 0.257 e. The van der Waals surface area contributed by atoms with Gasteiger partial charge in [0.05, 0.1) is 7.11 Å². The van der Waals surface area contributed by atoms with E-state index in [0.717, 1.165) is 42.6 Å². The van der Waals surface area contributed by atoms with Gasteiger partial charge >= 0.3 is 0 Å². The van der Waals surface area contributed by atoms with Crippen molar-refractivity contribution in [2.24, 2.45) is 0 Å². The van der Waals surface area contributed by atoms with Crippen LogP contribution in [0.3, 0.4) is 0 Å². The maximum Gasteiger partial charge on any atom is 0.257 e. The van der Waals surface area contributed by atoms with Crippen LogP contribution >= 0.6 is 0 Å². The lowest BCUT2D eigenvalue weighted by atomic mass is 10.1. The van der Waals surface area contributed by atoms with Crippen molar-refractivity contribution in [1.29, 1.82) is 0 Å². The third-order valence-electron chi connectivity index (χ3n) is 5.16. The molecular formula is C20H24N6O2. The Kier molecular flexibility index (Phi) is 4.85. The van der Waals surface area contributed by atoms with Gasteiger partial charge in [-0.05, 0) is 31.2 Å². The van der Waals surface area contributed by atoms with Crippen LogP contribution in [0.15, 0.2) is 30.3 Å². The summed E-state index contributed by atoms with van der Waals surface area (Å²) in [5.74, 6) is 3.23. The molecular weight excluding hydrogens is 356 g/mol. The molecule has 1 aliphatic heterocycles. The average molecular weight is 380 g/mol. The molecule has 28 heavy (non-hydrogen) atoms. The molecule has 1 aromatic carbocycles. The van der Waals surface area contributed by atoms with Crippen LogP contribution in [0.5, 0.6) is 5.75 Å². The van der Waals surface area contributed by atoms with Crippen molar-refractivity contribution in [2.45, 2.75) is 20.3 Å². The van der Waals surface area contributed by atoms with Gasteiger partial charge in [0.2, 0.25) is 0 Å². The molecule has 0 spiro atoms. The van der Waals surface area contributed by atoms with E-state index in [1.165, 1.54) is 0 Å². The second-order valence-corrected chi connectivity index (χ2v) is 6.87. The summed E-state index contributed by atoms with van der Waals surface area (Å²) in [6.07, 6.45) is 0.815. The SMILES string of the molecule is CCc1nnc2nc(N3CCN(C(=O)c4ccc(OC)cc4)CC3)cc(C)n12. The van der Waals surface area contributed by atoms with Gasteiger partial charge in [-0.3, -0.25) is 9.20 Å². The maximum absolute atomic E-state index is 12.7. The van der Waals surface area contributed by atoms with Crippen LogP contribution in [-0.4, -0.2) is 63.7 Å². The summed E-state index contributed by atoms with van der Waals surface area (Å²) in [4.78, 5) is 21.5. The quantitative estimate of drug-likeness (QED) is 0.689. The molecule has 1 saturated heterocycles. The summed E-state index contributed by atoms with van der Waals surface area (Å²) in [6.45, 7) is 6.89. The number of rotatable bonds is 4. The van der Waals surface area contributed by atoms with Gasteiger partial charge in [-0.25, -0.2) is 0 Å². The van der Waals surface area contributed by atoms with E-state index in [1.54, 1.807) is 7.11 Å². The Labute approximate surface area is 163 Å². The average Bonchev–Trinajstić information content (AvgIpc) is 3.17. The molecule has 1 amide bonds. The fourth-order valence-electron chi connectivity index (χ4n) is 3.57. The van der Waals surface area contributed by atoms with Crippen LogP contribution in [0.25, 0.3) is 5.78 Å². The predicted molar refractivity (Wildman–Crippen MR) is 106 cm³/mol. The summed E-state index contributed by atoms with van der Waals surface area (Å²) >= 11 is 0.